The van der Waals surface area contributed by atoms with Crippen LogP contribution in [0.5, 0.6) is 0 Å². The summed E-state index contributed by atoms with van der Waals surface area (Å²) in [6, 6.07) is 0. The molecular weight excluding hydrogens is 222 g/mol. The second kappa shape index (κ2) is 7.53. The number of hydrogen-bond acceptors (Lipinski definition) is 5. The third kappa shape index (κ3) is 4.75. The Hall–Kier alpha value is -1.73. The van der Waals surface area contributed by atoms with Crippen LogP contribution in [0.3, 0.4) is 0 Å². The second-order valence-corrected chi connectivity index (χ2v) is 3.28. The number of hydrogen-bond donors (Lipinski definition) is 2. The van der Waals surface area contributed by atoms with E-state index in [4.69, 9.17) is 10.5 Å². The smallest absolute Gasteiger partial charge is 0.273 e. The zero-order valence-corrected chi connectivity index (χ0v) is 9.63. The molecule has 1 aromatic heterocycles. The monoisotopic (exact) mass is 239 g/mol. The minimum atomic E-state index is -0.268. The molecule has 0 aliphatic carbocycles. The molecule has 0 spiro atoms. The fourth-order valence-electron chi connectivity index (χ4n) is 1.14. The van der Waals surface area contributed by atoms with E-state index in [1.807, 2.05) is 0 Å². The Balaban J connectivity index is 2.28. The van der Waals surface area contributed by atoms with Crippen molar-refractivity contribution in [3.8, 4) is 0 Å². The average molecular weight is 239 g/mol. The van der Waals surface area contributed by atoms with Crippen LogP contribution in [0.2, 0.25) is 0 Å². The van der Waals surface area contributed by atoms with Gasteiger partial charge in [-0.05, 0) is 0 Å². The molecule has 1 amide bonds. The summed E-state index contributed by atoms with van der Waals surface area (Å²) in [6.07, 6.45) is 3.22. The SMILES string of the molecule is C=CCOCCNC(=O)c1cn(CCN)nn1. The van der Waals surface area contributed by atoms with Gasteiger partial charge in [-0.3, -0.25) is 9.48 Å². The molecule has 17 heavy (non-hydrogen) atoms. The topological polar surface area (TPSA) is 95.1 Å². The largest absolute Gasteiger partial charge is 0.376 e. The van der Waals surface area contributed by atoms with Crippen LogP contribution in [0.25, 0.3) is 0 Å². The number of carbonyl (C=O) groups excluding carboxylic acids is 1. The Morgan fingerprint density at radius 1 is 1.71 bits per heavy atom. The van der Waals surface area contributed by atoms with Gasteiger partial charge in [0.15, 0.2) is 5.69 Å². The normalized spacial score (nSPS) is 10.2. The van der Waals surface area contributed by atoms with Crippen molar-refractivity contribution >= 4 is 5.91 Å². The Morgan fingerprint density at radius 2 is 2.53 bits per heavy atom. The van der Waals surface area contributed by atoms with Crippen molar-refractivity contribution in [1.82, 2.24) is 20.3 Å². The van der Waals surface area contributed by atoms with Crippen molar-refractivity contribution in [3.05, 3.63) is 24.5 Å². The summed E-state index contributed by atoms with van der Waals surface area (Å²) in [7, 11) is 0. The van der Waals surface area contributed by atoms with E-state index in [2.05, 4.69) is 22.2 Å². The molecule has 0 aromatic carbocycles. The van der Waals surface area contributed by atoms with E-state index < -0.39 is 0 Å². The molecule has 0 aliphatic heterocycles. The van der Waals surface area contributed by atoms with Crippen LogP contribution in [-0.2, 0) is 11.3 Å². The predicted molar refractivity (Wildman–Crippen MR) is 62.4 cm³/mol. The highest BCUT2D eigenvalue weighted by molar-refractivity contribution is 5.91. The molecule has 7 nitrogen and oxygen atoms in total. The van der Waals surface area contributed by atoms with Gasteiger partial charge in [-0.1, -0.05) is 11.3 Å². The molecule has 0 unspecified atom stereocenters. The molecule has 7 heteroatoms. The van der Waals surface area contributed by atoms with Gasteiger partial charge in [0.2, 0.25) is 0 Å². The third-order valence-electron chi connectivity index (χ3n) is 1.90. The summed E-state index contributed by atoms with van der Waals surface area (Å²) in [5.41, 5.74) is 5.64. The van der Waals surface area contributed by atoms with Crippen LogP contribution in [0.1, 0.15) is 10.5 Å². The van der Waals surface area contributed by atoms with Gasteiger partial charge in [0.1, 0.15) is 0 Å². The molecule has 0 saturated heterocycles. The quantitative estimate of drug-likeness (QED) is 0.456. The van der Waals surface area contributed by atoms with Crippen LogP contribution >= 0.6 is 0 Å². The molecule has 0 aliphatic rings. The number of carbonyl (C=O) groups is 1. The lowest BCUT2D eigenvalue weighted by atomic mass is 10.4. The average Bonchev–Trinajstić information content (AvgIpc) is 2.78. The molecule has 0 fully saturated rings. The fourth-order valence-corrected chi connectivity index (χ4v) is 1.14. The maximum absolute atomic E-state index is 11.6. The molecule has 0 atom stereocenters. The van der Waals surface area contributed by atoms with Gasteiger partial charge in [0, 0.05) is 13.1 Å². The van der Waals surface area contributed by atoms with Gasteiger partial charge >= 0.3 is 0 Å². The highest BCUT2D eigenvalue weighted by Gasteiger charge is 2.09. The summed E-state index contributed by atoms with van der Waals surface area (Å²) in [5, 5.41) is 10.2. The zero-order chi connectivity index (χ0) is 12.5. The third-order valence-corrected chi connectivity index (χ3v) is 1.90. The maximum Gasteiger partial charge on any atom is 0.273 e. The number of ether oxygens (including phenoxy) is 1. The fraction of sp³-hybridized carbons (Fsp3) is 0.500. The minimum absolute atomic E-state index is 0.268. The lowest BCUT2D eigenvalue weighted by molar-refractivity contribution is 0.0923. The number of rotatable bonds is 8. The predicted octanol–water partition coefficient (Wildman–Crippen LogP) is -0.831. The van der Waals surface area contributed by atoms with Crippen LogP contribution in [0.15, 0.2) is 18.9 Å². The van der Waals surface area contributed by atoms with Crippen molar-refractivity contribution in [1.29, 1.82) is 0 Å². The molecule has 0 saturated carbocycles. The molecular formula is C10H17N5O2. The highest BCUT2D eigenvalue weighted by atomic mass is 16.5. The van der Waals surface area contributed by atoms with E-state index in [1.165, 1.54) is 4.68 Å². The van der Waals surface area contributed by atoms with Gasteiger partial charge in [0.05, 0.1) is 26.0 Å². The Labute approximate surface area is 99.6 Å². The van der Waals surface area contributed by atoms with Gasteiger partial charge in [0.25, 0.3) is 5.91 Å². The first-order valence-electron chi connectivity index (χ1n) is 5.35. The molecule has 1 rings (SSSR count). The molecule has 0 radical (unpaired) electrons. The zero-order valence-electron chi connectivity index (χ0n) is 9.63. The van der Waals surface area contributed by atoms with Gasteiger partial charge in [-0.25, -0.2) is 0 Å². The second-order valence-electron chi connectivity index (χ2n) is 3.28. The number of nitrogens with two attached hydrogens (primary N) is 1. The Bertz CT molecular complexity index is 363. The molecule has 1 aromatic rings. The van der Waals surface area contributed by atoms with E-state index in [0.717, 1.165) is 0 Å². The maximum atomic E-state index is 11.6. The first-order chi connectivity index (χ1) is 8.27. The van der Waals surface area contributed by atoms with Crippen LogP contribution < -0.4 is 11.1 Å². The number of nitrogens with one attached hydrogen (secondary N) is 1. The first-order valence-corrected chi connectivity index (χ1v) is 5.35. The minimum Gasteiger partial charge on any atom is -0.376 e. The van der Waals surface area contributed by atoms with Crippen molar-refractivity contribution in [2.75, 3.05) is 26.3 Å². The molecule has 3 N–H and O–H groups in total. The van der Waals surface area contributed by atoms with Crippen molar-refractivity contribution in [2.45, 2.75) is 6.54 Å². The van der Waals surface area contributed by atoms with Crippen LogP contribution in [0.4, 0.5) is 0 Å². The van der Waals surface area contributed by atoms with Crippen LogP contribution in [-0.4, -0.2) is 47.2 Å². The highest BCUT2D eigenvalue weighted by Crippen LogP contribution is 1.92. The van der Waals surface area contributed by atoms with E-state index >= 15 is 0 Å². The Morgan fingerprint density at radius 3 is 3.24 bits per heavy atom. The van der Waals surface area contributed by atoms with Gasteiger partial charge in [-0.2, -0.15) is 0 Å². The summed E-state index contributed by atoms with van der Waals surface area (Å²) >= 11 is 0. The first kappa shape index (κ1) is 13.3. The number of aromatic nitrogens is 3. The van der Waals surface area contributed by atoms with Crippen LogP contribution in [0, 0.1) is 0 Å². The van der Waals surface area contributed by atoms with E-state index in [1.54, 1.807) is 12.3 Å². The standard InChI is InChI=1S/C10H17N5O2/c1-2-6-17-7-4-12-10(16)9-8-15(5-3-11)14-13-9/h2,8H,1,3-7,11H2,(H,12,16). The molecule has 94 valence electrons. The number of amides is 1. The van der Waals surface area contributed by atoms with Gasteiger partial charge < -0.3 is 15.8 Å². The van der Waals surface area contributed by atoms with Gasteiger partial charge in [-0.15, -0.1) is 11.7 Å². The van der Waals surface area contributed by atoms with E-state index in [-0.39, 0.29) is 11.6 Å². The molecule has 1 heterocycles. The lowest BCUT2D eigenvalue weighted by Gasteiger charge is -2.02. The summed E-state index contributed by atoms with van der Waals surface area (Å²) in [5.74, 6) is -0.268. The van der Waals surface area contributed by atoms with Crippen molar-refractivity contribution in [3.63, 3.8) is 0 Å². The molecule has 0 bridgehead atoms. The Kier molecular flexibility index (Phi) is 5.91. The summed E-state index contributed by atoms with van der Waals surface area (Å²) in [6.45, 7) is 5.86. The van der Waals surface area contributed by atoms with Crippen molar-refractivity contribution in [2.24, 2.45) is 5.73 Å². The number of nitrogens with zero attached hydrogens (tertiary/aromatic N) is 3. The van der Waals surface area contributed by atoms with Crippen molar-refractivity contribution < 1.29 is 9.53 Å². The van der Waals surface area contributed by atoms with E-state index in [0.29, 0.717) is 32.8 Å². The summed E-state index contributed by atoms with van der Waals surface area (Å²) in [4.78, 5) is 11.6. The lowest BCUT2D eigenvalue weighted by Crippen LogP contribution is -2.27. The van der Waals surface area contributed by atoms with E-state index in [9.17, 15) is 4.79 Å². The summed E-state index contributed by atoms with van der Waals surface area (Å²) < 4.78 is 6.65.